The van der Waals surface area contributed by atoms with E-state index in [2.05, 4.69) is 20.2 Å². The average molecular weight is 418 g/mol. The molecule has 0 bridgehead atoms. The fourth-order valence-electron chi connectivity index (χ4n) is 3.39. The van der Waals surface area contributed by atoms with Crippen molar-refractivity contribution >= 4 is 11.9 Å². The number of carboxylic acid groups (broad SMARTS) is 1. The summed E-state index contributed by atoms with van der Waals surface area (Å²) in [7, 11) is 0. The van der Waals surface area contributed by atoms with Gasteiger partial charge in [0.2, 0.25) is 5.82 Å². The highest BCUT2D eigenvalue weighted by molar-refractivity contribution is 6.02. The lowest BCUT2D eigenvalue weighted by Crippen LogP contribution is -2.44. The smallest absolute Gasteiger partial charge is 0.451 e. The molecule has 1 amide bonds. The molecule has 1 atom stereocenters. The van der Waals surface area contributed by atoms with Crippen molar-refractivity contribution in [3.05, 3.63) is 71.3 Å². The summed E-state index contributed by atoms with van der Waals surface area (Å²) in [5, 5.41) is 16.3. The maximum absolute atomic E-state index is 13.3. The molecule has 0 aliphatic carbocycles. The van der Waals surface area contributed by atoms with Crippen LogP contribution in [-0.4, -0.2) is 53.2 Å². The third kappa shape index (κ3) is 3.25. The summed E-state index contributed by atoms with van der Waals surface area (Å²) in [4.78, 5) is 33.4. The van der Waals surface area contributed by atoms with Gasteiger partial charge in [-0.1, -0.05) is 30.3 Å². The van der Waals surface area contributed by atoms with Crippen molar-refractivity contribution in [2.24, 2.45) is 0 Å². The molecule has 2 aromatic heterocycles. The van der Waals surface area contributed by atoms with E-state index >= 15 is 0 Å². The van der Waals surface area contributed by atoms with E-state index in [1.807, 2.05) is 0 Å². The number of hydrogen-bond donors (Lipinski definition) is 1. The van der Waals surface area contributed by atoms with Crippen molar-refractivity contribution in [2.75, 3.05) is 6.54 Å². The molecule has 0 fully saturated rings. The lowest BCUT2D eigenvalue weighted by Gasteiger charge is -2.36. The Morgan fingerprint density at radius 3 is 2.30 bits per heavy atom. The van der Waals surface area contributed by atoms with E-state index in [1.165, 1.54) is 11.1 Å². The van der Waals surface area contributed by atoms with Gasteiger partial charge in [0.15, 0.2) is 17.2 Å². The first-order valence-electron chi connectivity index (χ1n) is 8.69. The number of carboxylic acids is 1. The maximum atomic E-state index is 13.3. The van der Waals surface area contributed by atoms with E-state index in [4.69, 9.17) is 0 Å². The zero-order chi connectivity index (χ0) is 21.5. The number of alkyl halides is 3. The SMILES string of the molecule is O=C(O)c1nccnc1C(=O)N1CCn2c(nnc2C(F)(F)F)C1c1ccccc1. The summed E-state index contributed by atoms with van der Waals surface area (Å²) < 4.78 is 40.9. The van der Waals surface area contributed by atoms with Gasteiger partial charge in [-0.05, 0) is 5.56 Å². The number of aromatic nitrogens is 5. The fourth-order valence-corrected chi connectivity index (χ4v) is 3.39. The van der Waals surface area contributed by atoms with Crippen LogP contribution >= 0.6 is 0 Å². The Balaban J connectivity index is 1.84. The van der Waals surface area contributed by atoms with Crippen LogP contribution in [0.3, 0.4) is 0 Å². The zero-order valence-corrected chi connectivity index (χ0v) is 15.1. The summed E-state index contributed by atoms with van der Waals surface area (Å²) in [6, 6.07) is 7.32. The zero-order valence-electron chi connectivity index (χ0n) is 15.1. The molecule has 1 unspecified atom stereocenters. The van der Waals surface area contributed by atoms with Crippen molar-refractivity contribution < 1.29 is 27.9 Å². The predicted octanol–water partition coefficient (Wildman–Crippen LogP) is 2.03. The number of carbonyl (C=O) groups excluding carboxylic acids is 1. The number of halogens is 3. The first kappa shape index (κ1) is 19.5. The van der Waals surface area contributed by atoms with Gasteiger partial charge in [-0.25, -0.2) is 14.8 Å². The number of rotatable bonds is 3. The monoisotopic (exact) mass is 418 g/mol. The van der Waals surface area contributed by atoms with Gasteiger partial charge < -0.3 is 14.6 Å². The second-order valence-corrected chi connectivity index (χ2v) is 6.40. The molecule has 0 radical (unpaired) electrons. The molecular formula is C18H13F3N6O3. The van der Waals surface area contributed by atoms with Crippen molar-refractivity contribution in [3.63, 3.8) is 0 Å². The van der Waals surface area contributed by atoms with Crippen molar-refractivity contribution in [1.82, 2.24) is 29.6 Å². The van der Waals surface area contributed by atoms with Crippen LogP contribution in [0.1, 0.15) is 44.2 Å². The Morgan fingerprint density at radius 2 is 1.67 bits per heavy atom. The van der Waals surface area contributed by atoms with Crippen LogP contribution in [0, 0.1) is 0 Å². The van der Waals surface area contributed by atoms with Crippen molar-refractivity contribution in [1.29, 1.82) is 0 Å². The minimum atomic E-state index is -4.71. The number of benzene rings is 1. The highest BCUT2D eigenvalue weighted by Gasteiger charge is 2.44. The van der Waals surface area contributed by atoms with E-state index in [-0.39, 0.29) is 18.9 Å². The number of amides is 1. The molecule has 3 aromatic rings. The van der Waals surface area contributed by atoms with Gasteiger partial charge >= 0.3 is 12.1 Å². The number of carbonyl (C=O) groups is 2. The third-order valence-corrected chi connectivity index (χ3v) is 4.63. The van der Waals surface area contributed by atoms with Gasteiger partial charge in [0.05, 0.1) is 0 Å². The molecule has 0 spiro atoms. The molecular weight excluding hydrogens is 405 g/mol. The first-order valence-corrected chi connectivity index (χ1v) is 8.69. The van der Waals surface area contributed by atoms with E-state index in [9.17, 15) is 27.9 Å². The molecule has 1 aliphatic rings. The highest BCUT2D eigenvalue weighted by atomic mass is 19.4. The fraction of sp³-hybridized carbons (Fsp3) is 0.222. The summed E-state index contributed by atoms with van der Waals surface area (Å²) in [6.45, 7) is -0.350. The van der Waals surface area contributed by atoms with E-state index < -0.39 is 41.3 Å². The van der Waals surface area contributed by atoms with Crippen LogP contribution in [0.5, 0.6) is 0 Å². The second kappa shape index (κ2) is 7.21. The van der Waals surface area contributed by atoms with Gasteiger partial charge in [0, 0.05) is 25.5 Å². The number of aromatic carboxylic acids is 1. The lowest BCUT2D eigenvalue weighted by atomic mass is 10.0. The molecule has 3 heterocycles. The molecule has 1 aliphatic heterocycles. The Morgan fingerprint density at radius 1 is 1.00 bits per heavy atom. The number of nitrogens with zero attached hydrogens (tertiary/aromatic N) is 6. The molecule has 9 nitrogen and oxygen atoms in total. The summed E-state index contributed by atoms with van der Waals surface area (Å²) in [5.74, 6) is -3.45. The van der Waals surface area contributed by atoms with Crippen LogP contribution in [0.2, 0.25) is 0 Å². The highest BCUT2D eigenvalue weighted by Crippen LogP contribution is 2.36. The van der Waals surface area contributed by atoms with E-state index in [0.717, 1.165) is 10.8 Å². The third-order valence-electron chi connectivity index (χ3n) is 4.63. The van der Waals surface area contributed by atoms with Crippen LogP contribution in [0.4, 0.5) is 13.2 Å². The lowest BCUT2D eigenvalue weighted by molar-refractivity contribution is -0.148. The normalized spacial score (nSPS) is 16.2. The van der Waals surface area contributed by atoms with E-state index in [1.54, 1.807) is 30.3 Å². The molecule has 154 valence electrons. The Kier molecular flexibility index (Phi) is 4.68. The topological polar surface area (TPSA) is 114 Å². The predicted molar refractivity (Wildman–Crippen MR) is 93.3 cm³/mol. The van der Waals surface area contributed by atoms with Crippen LogP contribution in [0.15, 0.2) is 42.7 Å². The second-order valence-electron chi connectivity index (χ2n) is 6.40. The summed E-state index contributed by atoms with van der Waals surface area (Å²) in [6.07, 6.45) is -2.40. The maximum Gasteiger partial charge on any atom is 0.451 e. The Bertz CT molecular complexity index is 1120. The summed E-state index contributed by atoms with van der Waals surface area (Å²) >= 11 is 0. The standard InChI is InChI=1S/C18H13F3N6O3/c19-18(20,21)17-25-24-14-13(10-4-2-1-3-5-10)26(8-9-27(14)17)15(28)11-12(16(29)30)23-7-6-22-11/h1-7,13H,8-9H2,(H,29,30). The minimum absolute atomic E-state index is 0.0751. The van der Waals surface area contributed by atoms with Gasteiger partial charge in [0.25, 0.3) is 5.91 Å². The van der Waals surface area contributed by atoms with E-state index in [0.29, 0.717) is 5.56 Å². The first-order chi connectivity index (χ1) is 14.3. The molecule has 1 N–H and O–H groups in total. The molecule has 12 heteroatoms. The number of hydrogen-bond acceptors (Lipinski definition) is 6. The molecule has 0 saturated heterocycles. The quantitative estimate of drug-likeness (QED) is 0.692. The van der Waals surface area contributed by atoms with Crippen LogP contribution in [0.25, 0.3) is 0 Å². The van der Waals surface area contributed by atoms with Crippen LogP contribution < -0.4 is 0 Å². The Labute approximate surface area is 166 Å². The summed E-state index contributed by atoms with van der Waals surface area (Å²) in [5.41, 5.74) is -0.457. The van der Waals surface area contributed by atoms with Crippen molar-refractivity contribution in [3.8, 4) is 0 Å². The molecule has 1 aromatic carbocycles. The van der Waals surface area contributed by atoms with Gasteiger partial charge in [-0.15, -0.1) is 10.2 Å². The van der Waals surface area contributed by atoms with Gasteiger partial charge in [0.1, 0.15) is 6.04 Å². The minimum Gasteiger partial charge on any atom is -0.476 e. The number of fused-ring (bicyclic) bond motifs is 1. The molecule has 4 rings (SSSR count). The largest absolute Gasteiger partial charge is 0.476 e. The average Bonchev–Trinajstić information content (AvgIpc) is 3.18. The molecule has 0 saturated carbocycles. The van der Waals surface area contributed by atoms with Crippen LogP contribution in [-0.2, 0) is 12.7 Å². The van der Waals surface area contributed by atoms with Gasteiger partial charge in [-0.3, -0.25) is 4.79 Å². The molecule has 30 heavy (non-hydrogen) atoms. The van der Waals surface area contributed by atoms with Gasteiger partial charge in [-0.2, -0.15) is 13.2 Å². The van der Waals surface area contributed by atoms with Crippen molar-refractivity contribution in [2.45, 2.75) is 18.8 Å². The Hall–Kier alpha value is -3.83.